The molecule has 0 rings (SSSR count). The predicted molar refractivity (Wildman–Crippen MR) is 87.2 cm³/mol. The van der Waals surface area contributed by atoms with Crippen molar-refractivity contribution in [3.05, 3.63) is 12.7 Å². The summed E-state index contributed by atoms with van der Waals surface area (Å²) < 4.78 is 4.66. The Morgan fingerprint density at radius 2 is 1.70 bits per heavy atom. The molecule has 1 amide bonds. The molecule has 7 heteroatoms. The third-order valence-corrected chi connectivity index (χ3v) is 3.23. The first kappa shape index (κ1) is 23.2. The molecule has 0 bridgehead atoms. The van der Waals surface area contributed by atoms with E-state index in [1.54, 1.807) is 13.8 Å². The molecule has 0 aliphatic carbocycles. The zero-order valence-electron chi connectivity index (χ0n) is 14.4. The van der Waals surface area contributed by atoms with Gasteiger partial charge in [0.05, 0.1) is 11.8 Å². The maximum Gasteiger partial charge on any atom is 0.407 e. The summed E-state index contributed by atoms with van der Waals surface area (Å²) in [4.78, 5) is 31.5. The predicted octanol–water partition coefficient (Wildman–Crippen LogP) is 2.76. The van der Waals surface area contributed by atoms with Gasteiger partial charge in [0, 0.05) is 6.54 Å². The first-order chi connectivity index (χ1) is 10.6. The van der Waals surface area contributed by atoms with Crippen LogP contribution in [0.5, 0.6) is 0 Å². The van der Waals surface area contributed by atoms with Crippen LogP contribution in [0.1, 0.15) is 40.5 Å². The zero-order valence-corrected chi connectivity index (χ0v) is 14.4. The molecule has 3 N–H and O–H groups in total. The van der Waals surface area contributed by atoms with Crippen LogP contribution in [0.25, 0.3) is 0 Å². The third-order valence-electron chi connectivity index (χ3n) is 3.23. The van der Waals surface area contributed by atoms with E-state index in [1.807, 2.05) is 13.8 Å². The summed E-state index contributed by atoms with van der Waals surface area (Å²) in [5.74, 6) is -1.87. The molecule has 0 fully saturated rings. The fourth-order valence-corrected chi connectivity index (χ4v) is 1.19. The Labute approximate surface area is 137 Å². The monoisotopic (exact) mass is 331 g/mol. The van der Waals surface area contributed by atoms with Crippen LogP contribution in [-0.2, 0) is 14.3 Å². The van der Waals surface area contributed by atoms with Crippen LogP contribution in [0.3, 0.4) is 0 Å². The Morgan fingerprint density at radius 1 is 1.13 bits per heavy atom. The molecule has 0 unspecified atom stereocenters. The number of rotatable bonds is 9. The van der Waals surface area contributed by atoms with E-state index >= 15 is 0 Å². The highest BCUT2D eigenvalue weighted by Crippen LogP contribution is 2.08. The lowest BCUT2D eigenvalue weighted by atomic mass is 9.99. The van der Waals surface area contributed by atoms with Gasteiger partial charge in [-0.15, -0.1) is 0 Å². The maximum absolute atomic E-state index is 10.9. The smallest absolute Gasteiger partial charge is 0.407 e. The van der Waals surface area contributed by atoms with E-state index in [2.05, 4.69) is 16.6 Å². The molecule has 0 spiro atoms. The summed E-state index contributed by atoms with van der Waals surface area (Å²) in [6.07, 6.45) is 2.14. The quantitative estimate of drug-likeness (QED) is 0.442. The highest BCUT2D eigenvalue weighted by Gasteiger charge is 2.13. The Bertz CT molecular complexity index is 381. The number of hydrogen-bond donors (Lipinski definition) is 3. The summed E-state index contributed by atoms with van der Waals surface area (Å²) in [6, 6.07) is 0. The van der Waals surface area contributed by atoms with Crippen molar-refractivity contribution in [2.24, 2.45) is 17.8 Å². The van der Waals surface area contributed by atoms with E-state index in [4.69, 9.17) is 10.2 Å². The second kappa shape index (κ2) is 13.6. The van der Waals surface area contributed by atoms with E-state index in [1.165, 1.54) is 6.08 Å². The van der Waals surface area contributed by atoms with E-state index in [9.17, 15) is 14.4 Å². The number of hydrogen-bond acceptors (Lipinski definition) is 4. The Hall–Kier alpha value is -2.05. The van der Waals surface area contributed by atoms with Crippen LogP contribution < -0.4 is 5.32 Å². The van der Waals surface area contributed by atoms with Gasteiger partial charge in [0.2, 0.25) is 0 Å². The summed E-state index contributed by atoms with van der Waals surface area (Å²) in [5.41, 5.74) is 0. The van der Waals surface area contributed by atoms with Crippen LogP contribution in [-0.4, -0.2) is 41.4 Å². The van der Waals surface area contributed by atoms with Gasteiger partial charge in [0.25, 0.3) is 0 Å². The largest absolute Gasteiger partial charge is 0.481 e. The van der Waals surface area contributed by atoms with Crippen molar-refractivity contribution in [1.29, 1.82) is 0 Å². The van der Waals surface area contributed by atoms with Crippen molar-refractivity contribution < 1.29 is 29.3 Å². The molecule has 0 heterocycles. The van der Waals surface area contributed by atoms with Crippen molar-refractivity contribution >= 4 is 18.0 Å². The SMILES string of the molecule is C=CCOC(=O)NCCC[C@H](C)C(=O)O.CC(C)[C@H](C)C(=O)O. The Morgan fingerprint density at radius 3 is 2.04 bits per heavy atom. The number of nitrogens with one attached hydrogen (secondary N) is 1. The summed E-state index contributed by atoms with van der Waals surface area (Å²) in [7, 11) is 0. The maximum atomic E-state index is 10.9. The van der Waals surface area contributed by atoms with Gasteiger partial charge in [-0.2, -0.15) is 0 Å². The van der Waals surface area contributed by atoms with Crippen molar-refractivity contribution in [3.63, 3.8) is 0 Å². The second-order valence-electron chi connectivity index (χ2n) is 5.57. The van der Waals surface area contributed by atoms with Crippen LogP contribution >= 0.6 is 0 Å². The van der Waals surface area contributed by atoms with Gasteiger partial charge in [0.15, 0.2) is 0 Å². The average Bonchev–Trinajstić information content (AvgIpc) is 2.48. The number of aliphatic carboxylic acids is 2. The van der Waals surface area contributed by atoms with E-state index in [0.717, 1.165) is 0 Å². The third kappa shape index (κ3) is 14.6. The van der Waals surface area contributed by atoms with Gasteiger partial charge >= 0.3 is 18.0 Å². The first-order valence-electron chi connectivity index (χ1n) is 7.60. The topological polar surface area (TPSA) is 113 Å². The van der Waals surface area contributed by atoms with Gasteiger partial charge in [0.1, 0.15) is 6.61 Å². The highest BCUT2D eigenvalue weighted by molar-refractivity contribution is 5.70. The minimum absolute atomic E-state index is 0.178. The normalized spacial score (nSPS) is 12.4. The number of alkyl carbamates (subject to hydrolysis) is 1. The Kier molecular flexibility index (Phi) is 13.7. The molecule has 0 aromatic carbocycles. The van der Waals surface area contributed by atoms with E-state index in [0.29, 0.717) is 19.4 Å². The summed E-state index contributed by atoms with van der Waals surface area (Å²) >= 11 is 0. The average molecular weight is 331 g/mol. The summed E-state index contributed by atoms with van der Waals surface area (Å²) in [5, 5.41) is 19.4. The molecule has 134 valence electrons. The van der Waals surface area contributed by atoms with Crippen LogP contribution in [0.4, 0.5) is 4.79 Å². The van der Waals surface area contributed by atoms with Gasteiger partial charge in [-0.25, -0.2) is 4.79 Å². The molecule has 0 saturated carbocycles. The van der Waals surface area contributed by atoms with Gasteiger partial charge < -0.3 is 20.3 Å². The highest BCUT2D eigenvalue weighted by atomic mass is 16.5. The van der Waals surface area contributed by atoms with Crippen LogP contribution in [0.2, 0.25) is 0 Å². The molecule has 0 aliphatic rings. The van der Waals surface area contributed by atoms with Gasteiger partial charge in [-0.05, 0) is 18.8 Å². The lowest BCUT2D eigenvalue weighted by Gasteiger charge is -2.07. The van der Waals surface area contributed by atoms with Gasteiger partial charge in [-0.1, -0.05) is 40.3 Å². The van der Waals surface area contributed by atoms with Crippen molar-refractivity contribution in [2.75, 3.05) is 13.2 Å². The van der Waals surface area contributed by atoms with Crippen molar-refractivity contribution in [1.82, 2.24) is 5.32 Å². The molecule has 0 aliphatic heterocycles. The first-order valence-corrected chi connectivity index (χ1v) is 7.60. The fourth-order valence-electron chi connectivity index (χ4n) is 1.19. The minimum atomic E-state index is -0.816. The number of carboxylic acids is 2. The number of carboxylic acid groups (broad SMARTS) is 2. The van der Waals surface area contributed by atoms with Crippen LogP contribution in [0, 0.1) is 17.8 Å². The second-order valence-corrected chi connectivity index (χ2v) is 5.57. The molecule has 0 aromatic rings. The molecule has 23 heavy (non-hydrogen) atoms. The van der Waals surface area contributed by atoms with Crippen molar-refractivity contribution in [3.8, 4) is 0 Å². The lowest BCUT2D eigenvalue weighted by molar-refractivity contribution is -0.143. The van der Waals surface area contributed by atoms with E-state index in [-0.39, 0.29) is 24.4 Å². The lowest BCUT2D eigenvalue weighted by Crippen LogP contribution is -2.26. The van der Waals surface area contributed by atoms with Gasteiger partial charge in [-0.3, -0.25) is 9.59 Å². The van der Waals surface area contributed by atoms with Crippen LogP contribution in [0.15, 0.2) is 12.7 Å². The molecule has 2 atom stereocenters. The molecular weight excluding hydrogens is 302 g/mol. The molecule has 0 aromatic heterocycles. The number of ether oxygens (including phenoxy) is 1. The number of carbonyl (C=O) groups excluding carboxylic acids is 1. The standard InChI is InChI=1S/C10H17NO4.C6H12O2/c1-3-7-15-10(14)11-6-4-5-8(2)9(12)13;1-4(2)5(3)6(7)8/h3,8H,1,4-7H2,2H3,(H,11,14)(H,12,13);4-5H,1-3H3,(H,7,8)/t8-;5-/m00/s1. The van der Waals surface area contributed by atoms with E-state index < -0.39 is 18.0 Å². The number of carbonyl (C=O) groups is 3. The molecular formula is C16H29NO6. The summed E-state index contributed by atoms with van der Waals surface area (Å²) in [6.45, 7) is 11.2. The molecule has 0 saturated heterocycles. The zero-order chi connectivity index (χ0) is 18.4. The fraction of sp³-hybridized carbons (Fsp3) is 0.688. The molecule has 0 radical (unpaired) electrons. The number of amides is 1. The minimum Gasteiger partial charge on any atom is -0.481 e. The molecule has 7 nitrogen and oxygen atoms in total. The van der Waals surface area contributed by atoms with Crippen molar-refractivity contribution in [2.45, 2.75) is 40.5 Å². The Balaban J connectivity index is 0.